The van der Waals surface area contributed by atoms with Crippen molar-refractivity contribution in [2.45, 2.75) is 0 Å². The van der Waals surface area contributed by atoms with Crippen LogP contribution in [-0.2, 0) is 0 Å². The molecule has 0 N–H and O–H groups in total. The number of rotatable bonds is 3. The van der Waals surface area contributed by atoms with Gasteiger partial charge in [0.2, 0.25) is 0 Å². The summed E-state index contributed by atoms with van der Waals surface area (Å²) in [4.78, 5) is 0. The number of benzene rings is 8. The zero-order valence-corrected chi connectivity index (χ0v) is 29.3. The van der Waals surface area contributed by atoms with Gasteiger partial charge in [-0.1, -0.05) is 170 Å². The SMILES string of the molecule is c1cccc(-c2ccc3oc4c(c3c2)c2ccccc2c2oc3ccccc3c24)c2ccccc2c(-c2cccc(-c3cccc4ccccc34)c2)cc1. The van der Waals surface area contributed by atoms with Gasteiger partial charge in [-0.2, -0.15) is 0 Å². The van der Waals surface area contributed by atoms with Gasteiger partial charge in [0.05, 0.1) is 5.39 Å². The van der Waals surface area contributed by atoms with Crippen molar-refractivity contribution in [3.63, 3.8) is 0 Å². The van der Waals surface area contributed by atoms with Gasteiger partial charge in [0.15, 0.2) is 0 Å². The second kappa shape index (κ2) is 12.2. The van der Waals surface area contributed by atoms with Crippen molar-refractivity contribution in [3.8, 4) is 33.4 Å². The Hall–Kier alpha value is -7.16. The number of furan rings is 2. The summed E-state index contributed by atoms with van der Waals surface area (Å²) in [6, 6.07) is 69.3. The number of hydrogen-bond donors (Lipinski definition) is 0. The average Bonchev–Trinajstić information content (AvgIpc) is 3.81. The molecule has 0 saturated carbocycles. The van der Waals surface area contributed by atoms with Gasteiger partial charge in [0.1, 0.15) is 22.3 Å². The van der Waals surface area contributed by atoms with E-state index in [0.717, 1.165) is 65.8 Å². The fraction of sp³-hybridized carbons (Fsp3) is 0. The summed E-state index contributed by atoms with van der Waals surface area (Å²) < 4.78 is 13.3. The molecule has 0 aliphatic heterocycles. The van der Waals surface area contributed by atoms with Gasteiger partial charge in [0, 0.05) is 21.5 Å². The van der Waals surface area contributed by atoms with E-state index < -0.39 is 0 Å². The van der Waals surface area contributed by atoms with Gasteiger partial charge in [-0.25, -0.2) is 0 Å². The minimum Gasteiger partial charge on any atom is -0.455 e. The molecule has 11 rings (SSSR count). The molecule has 0 bridgehead atoms. The highest BCUT2D eigenvalue weighted by Crippen LogP contribution is 2.46. The monoisotopic (exact) mass is 688 g/mol. The predicted octanol–water partition coefficient (Wildman–Crippen LogP) is 15.1. The highest BCUT2D eigenvalue weighted by molar-refractivity contribution is 6.33. The summed E-state index contributed by atoms with van der Waals surface area (Å²) in [6.07, 6.45) is 0. The lowest BCUT2D eigenvalue weighted by molar-refractivity contribution is 0.665. The van der Waals surface area contributed by atoms with E-state index in [0.29, 0.717) is 0 Å². The molecule has 0 saturated heterocycles. The molecule has 0 unspecified atom stereocenters. The molecule has 9 aromatic carbocycles. The fourth-order valence-electron chi connectivity index (χ4n) is 8.47. The molecule has 2 nitrogen and oxygen atoms in total. The van der Waals surface area contributed by atoms with Crippen LogP contribution in [0.15, 0.2) is 203 Å². The maximum atomic E-state index is 6.77. The highest BCUT2D eigenvalue weighted by atomic mass is 16.3. The molecule has 0 fully saturated rings. The average molecular weight is 689 g/mol. The Labute approximate surface area is 311 Å². The highest BCUT2D eigenvalue weighted by Gasteiger charge is 2.21. The maximum absolute atomic E-state index is 6.77. The lowest BCUT2D eigenvalue weighted by atomic mass is 9.92. The van der Waals surface area contributed by atoms with Gasteiger partial charge in [-0.15, -0.1) is 0 Å². The second-order valence-electron chi connectivity index (χ2n) is 13.9. The van der Waals surface area contributed by atoms with Crippen LogP contribution in [0.5, 0.6) is 0 Å². The zero-order chi connectivity index (χ0) is 35.6. The molecule has 0 aliphatic carbocycles. The van der Waals surface area contributed by atoms with E-state index in [1.165, 1.54) is 43.8 Å². The summed E-state index contributed by atoms with van der Waals surface area (Å²) >= 11 is 0. The minimum absolute atomic E-state index is 0.856. The van der Waals surface area contributed by atoms with E-state index in [2.05, 4.69) is 182 Å². The van der Waals surface area contributed by atoms with Gasteiger partial charge in [-0.05, 0) is 84.6 Å². The van der Waals surface area contributed by atoms with E-state index in [1.54, 1.807) is 0 Å². The fourth-order valence-corrected chi connectivity index (χ4v) is 8.47. The Kier molecular flexibility index (Phi) is 6.90. The Morgan fingerprint density at radius 2 is 0.759 bits per heavy atom. The molecule has 252 valence electrons. The van der Waals surface area contributed by atoms with Crippen LogP contribution >= 0.6 is 0 Å². The summed E-state index contributed by atoms with van der Waals surface area (Å²) in [6.45, 7) is 0. The van der Waals surface area contributed by atoms with Gasteiger partial charge in [-0.3, -0.25) is 0 Å². The van der Waals surface area contributed by atoms with Crippen LogP contribution in [0.4, 0.5) is 0 Å². The zero-order valence-electron chi connectivity index (χ0n) is 29.3. The molecule has 54 heavy (non-hydrogen) atoms. The van der Waals surface area contributed by atoms with E-state index >= 15 is 0 Å². The van der Waals surface area contributed by atoms with E-state index in [-0.39, 0.29) is 0 Å². The molecule has 2 heterocycles. The van der Waals surface area contributed by atoms with Crippen molar-refractivity contribution in [2.24, 2.45) is 0 Å². The predicted molar refractivity (Wildman–Crippen MR) is 227 cm³/mol. The molecule has 2 heteroatoms. The first-order valence-electron chi connectivity index (χ1n) is 18.4. The number of para-hydroxylation sites is 1. The van der Waals surface area contributed by atoms with Crippen LogP contribution in [-0.4, -0.2) is 0 Å². The summed E-state index contributed by atoms with van der Waals surface area (Å²) in [5.41, 5.74) is 10.5. The first-order valence-corrected chi connectivity index (χ1v) is 18.4. The summed E-state index contributed by atoms with van der Waals surface area (Å²) in [5.74, 6) is 0. The van der Waals surface area contributed by atoms with Crippen molar-refractivity contribution >= 4 is 76.2 Å². The summed E-state index contributed by atoms with van der Waals surface area (Å²) in [5, 5.41) is 11.3. The van der Waals surface area contributed by atoms with Gasteiger partial charge in [0.25, 0.3) is 0 Å². The van der Waals surface area contributed by atoms with Crippen LogP contribution in [0.3, 0.4) is 0 Å². The maximum Gasteiger partial charge on any atom is 0.147 e. The van der Waals surface area contributed by atoms with Gasteiger partial charge >= 0.3 is 0 Å². The van der Waals surface area contributed by atoms with Crippen molar-refractivity contribution < 1.29 is 8.83 Å². The van der Waals surface area contributed by atoms with Crippen LogP contribution < -0.4 is 0 Å². The second-order valence-corrected chi connectivity index (χ2v) is 13.9. The van der Waals surface area contributed by atoms with Crippen molar-refractivity contribution in [1.29, 1.82) is 0 Å². The molecule has 0 amide bonds. The molecule has 0 aliphatic rings. The Balaban J connectivity index is 1.17. The van der Waals surface area contributed by atoms with Crippen molar-refractivity contribution in [2.75, 3.05) is 0 Å². The quantitative estimate of drug-likeness (QED) is 0.185. The van der Waals surface area contributed by atoms with E-state index in [9.17, 15) is 0 Å². The molecule has 0 atom stereocenters. The number of hydrogen-bond acceptors (Lipinski definition) is 2. The minimum atomic E-state index is 0.856. The van der Waals surface area contributed by atoms with E-state index in [4.69, 9.17) is 8.83 Å². The smallest absolute Gasteiger partial charge is 0.147 e. The first-order chi connectivity index (χ1) is 26.8. The Morgan fingerprint density at radius 3 is 1.52 bits per heavy atom. The van der Waals surface area contributed by atoms with Crippen LogP contribution in [0.25, 0.3) is 110 Å². The van der Waals surface area contributed by atoms with E-state index in [1.807, 2.05) is 12.1 Å². The van der Waals surface area contributed by atoms with Crippen molar-refractivity contribution in [3.05, 3.63) is 194 Å². The molecule has 11 aromatic rings. The third-order valence-electron chi connectivity index (χ3n) is 10.9. The largest absolute Gasteiger partial charge is 0.455 e. The first kappa shape index (κ1) is 30.5. The third kappa shape index (κ3) is 4.74. The lowest BCUT2D eigenvalue weighted by Crippen LogP contribution is -1.85. The molecule has 0 spiro atoms. The normalized spacial score (nSPS) is 11.7. The third-order valence-corrected chi connectivity index (χ3v) is 10.9. The Morgan fingerprint density at radius 1 is 0.259 bits per heavy atom. The molecular weight excluding hydrogens is 657 g/mol. The summed E-state index contributed by atoms with van der Waals surface area (Å²) in [7, 11) is 0. The Bertz CT molecular complexity index is 3340. The van der Waals surface area contributed by atoms with Crippen LogP contribution in [0, 0.1) is 0 Å². The number of fused-ring (bicyclic) bond motifs is 12. The topological polar surface area (TPSA) is 26.3 Å². The molecule has 0 radical (unpaired) electrons. The van der Waals surface area contributed by atoms with Crippen LogP contribution in [0.1, 0.15) is 0 Å². The standard InChI is InChI=1S/C52H32O2/c1-2-4-20-40(36-29-30-48-46(32-36)49-43-24-9-10-25-44(43)51-50(52(49)54-48)45-26-11-12-28-47(45)53-51)42-23-8-7-22-41(42)39(19-3-1)35-18-13-17-34(31-35)38-27-14-16-33-15-5-6-21-37(33)38/h1-32H. The lowest BCUT2D eigenvalue weighted by Gasteiger charge is -2.12. The van der Waals surface area contributed by atoms with Crippen LogP contribution in [0.2, 0.25) is 0 Å². The molecule has 2 aromatic heterocycles. The van der Waals surface area contributed by atoms with Crippen molar-refractivity contribution in [1.82, 2.24) is 0 Å². The molecular formula is C52H32O2. The van der Waals surface area contributed by atoms with Gasteiger partial charge < -0.3 is 8.83 Å².